The Labute approximate surface area is 211 Å². The Balaban J connectivity index is 0.00000114. The Morgan fingerprint density at radius 1 is 0.656 bits per heavy atom. The fraction of sp³-hybridized carbons (Fsp3) is 0.308. The Hall–Kier alpha value is -1.42. The molecular formula is C26H30Cl2FeN2S. The van der Waals surface area contributed by atoms with E-state index in [1.165, 1.54) is 11.1 Å². The molecule has 0 fully saturated rings. The van der Waals surface area contributed by atoms with Gasteiger partial charge in [-0.1, -0.05) is 77.9 Å². The first kappa shape index (κ1) is 26.8. The summed E-state index contributed by atoms with van der Waals surface area (Å²) in [7, 11) is 9.53. The van der Waals surface area contributed by atoms with E-state index in [0.29, 0.717) is 0 Å². The van der Waals surface area contributed by atoms with Crippen molar-refractivity contribution in [3.05, 3.63) is 81.5 Å². The molecule has 2 nitrogen and oxygen atoms in total. The molecule has 0 radical (unpaired) electrons. The summed E-state index contributed by atoms with van der Waals surface area (Å²) >= 11 is 1.89. The van der Waals surface area contributed by atoms with Gasteiger partial charge in [-0.15, -0.1) is 11.3 Å². The molecule has 0 aliphatic rings. The minimum absolute atomic E-state index is 0.0711. The third-order valence-electron chi connectivity index (χ3n) is 4.73. The van der Waals surface area contributed by atoms with E-state index < -0.39 is 0 Å². The summed E-state index contributed by atoms with van der Waals surface area (Å²) in [5.74, 6) is 0. The molecule has 0 atom stereocenters. The number of aliphatic imine (C=N–C) groups is 2. The van der Waals surface area contributed by atoms with Crippen molar-refractivity contribution in [2.45, 2.75) is 52.4 Å². The van der Waals surface area contributed by atoms with E-state index in [9.17, 15) is 0 Å². The van der Waals surface area contributed by atoms with Crippen LogP contribution in [0.2, 0.25) is 0 Å². The van der Waals surface area contributed by atoms with E-state index in [-0.39, 0.29) is 24.0 Å². The second-order valence-electron chi connectivity index (χ2n) is 9.34. The quantitative estimate of drug-likeness (QED) is 0.238. The Morgan fingerprint density at radius 3 is 1.34 bits per heavy atom. The van der Waals surface area contributed by atoms with Gasteiger partial charge >= 0.3 is 33.3 Å². The van der Waals surface area contributed by atoms with Gasteiger partial charge in [0.1, 0.15) is 0 Å². The molecule has 0 spiro atoms. The molecule has 3 rings (SSSR count). The van der Waals surface area contributed by atoms with Gasteiger partial charge in [0.15, 0.2) is 0 Å². The van der Waals surface area contributed by atoms with E-state index >= 15 is 0 Å². The van der Waals surface area contributed by atoms with Crippen LogP contribution in [0.5, 0.6) is 0 Å². The van der Waals surface area contributed by atoms with E-state index in [4.69, 9.17) is 30.2 Å². The van der Waals surface area contributed by atoms with Crippen molar-refractivity contribution < 1.29 is 13.1 Å². The van der Waals surface area contributed by atoms with Crippen LogP contribution in [0.3, 0.4) is 0 Å². The molecule has 2 aromatic carbocycles. The summed E-state index contributed by atoms with van der Waals surface area (Å²) in [6.45, 7) is 13.3. The van der Waals surface area contributed by atoms with Crippen LogP contribution in [-0.2, 0) is 24.0 Å². The Morgan fingerprint density at radius 2 is 1.00 bits per heavy atom. The molecule has 32 heavy (non-hydrogen) atoms. The first-order chi connectivity index (χ1) is 15.1. The summed E-state index contributed by atoms with van der Waals surface area (Å²) in [6.07, 6.45) is 3.91. The number of halogens is 2. The molecular weight excluding hydrogens is 499 g/mol. The molecule has 0 bridgehead atoms. The number of nitrogens with zero attached hydrogens (tertiary/aromatic N) is 2. The van der Waals surface area contributed by atoms with Crippen molar-refractivity contribution in [2.75, 3.05) is 0 Å². The van der Waals surface area contributed by atoms with Gasteiger partial charge in [0.25, 0.3) is 0 Å². The number of thiophene rings is 1. The summed E-state index contributed by atoms with van der Waals surface area (Å²) in [5, 5.41) is 0. The predicted molar refractivity (Wildman–Crippen MR) is 141 cm³/mol. The minimum atomic E-state index is 0.0711. The topological polar surface area (TPSA) is 24.7 Å². The molecule has 3 aromatic rings. The third kappa shape index (κ3) is 8.17. The molecule has 172 valence electrons. The van der Waals surface area contributed by atoms with Gasteiger partial charge in [-0.2, -0.15) is 0 Å². The van der Waals surface area contributed by atoms with E-state index in [1.54, 1.807) is 11.3 Å². The van der Waals surface area contributed by atoms with Crippen LogP contribution in [0.25, 0.3) is 0 Å². The number of rotatable bonds is 4. The van der Waals surface area contributed by atoms with Gasteiger partial charge in [0.05, 0.1) is 11.4 Å². The number of para-hydroxylation sites is 2. The molecule has 6 heteroatoms. The molecule has 0 saturated carbocycles. The average molecular weight is 529 g/mol. The van der Waals surface area contributed by atoms with Crippen molar-refractivity contribution >= 4 is 55.3 Å². The van der Waals surface area contributed by atoms with Crippen LogP contribution >= 0.6 is 31.5 Å². The molecule has 0 aliphatic carbocycles. The molecule has 0 unspecified atom stereocenters. The SMILES string of the molecule is CC(C)(C)c1ccccc1N=Cc1ccc(C=Nc2ccccc2C(C)(C)C)s1.[Cl][Fe][Cl]. The van der Waals surface area contributed by atoms with Crippen LogP contribution < -0.4 is 0 Å². The van der Waals surface area contributed by atoms with E-state index in [1.807, 2.05) is 24.6 Å². The molecule has 0 N–H and O–H groups in total. The molecule has 0 amide bonds. The monoisotopic (exact) mass is 528 g/mol. The molecule has 0 saturated heterocycles. The summed E-state index contributed by atoms with van der Waals surface area (Å²) < 4.78 is 0. The second-order valence-corrected chi connectivity index (χ2v) is 12.3. The standard InChI is InChI=1S/C26H30N2S.2ClH.Fe/c1-25(2,3)21-11-7-9-13-23(21)27-17-19-15-16-20(29-19)18-28-24-14-10-8-12-22(24)26(4,5)6;;;/h7-18H,1-6H3;2*1H;/q;;;+2/p-2. The molecule has 1 aromatic heterocycles. The zero-order chi connectivity index (χ0) is 23.8. The van der Waals surface area contributed by atoms with Crippen molar-refractivity contribution in [3.63, 3.8) is 0 Å². The molecule has 1 heterocycles. The van der Waals surface area contributed by atoms with Crippen molar-refractivity contribution in [1.82, 2.24) is 0 Å². The van der Waals surface area contributed by atoms with E-state index in [2.05, 4.69) is 90.1 Å². The van der Waals surface area contributed by atoms with Gasteiger partial charge in [-0.25, -0.2) is 0 Å². The second kappa shape index (κ2) is 12.2. The van der Waals surface area contributed by atoms with E-state index in [0.717, 1.165) is 21.1 Å². The first-order valence-corrected chi connectivity index (χ1v) is 14.1. The zero-order valence-electron chi connectivity index (χ0n) is 19.3. The van der Waals surface area contributed by atoms with Gasteiger partial charge in [0, 0.05) is 22.2 Å². The molecule has 0 aliphatic heterocycles. The first-order valence-electron chi connectivity index (χ1n) is 10.3. The zero-order valence-corrected chi connectivity index (χ0v) is 22.8. The fourth-order valence-corrected chi connectivity index (χ4v) is 3.97. The number of benzene rings is 2. The van der Waals surface area contributed by atoms with Gasteiger partial charge in [0.2, 0.25) is 0 Å². The maximum atomic E-state index is 4.76. The van der Waals surface area contributed by atoms with Gasteiger partial charge in [-0.3, -0.25) is 9.98 Å². The predicted octanol–water partition coefficient (Wildman–Crippen LogP) is 9.22. The van der Waals surface area contributed by atoms with Crippen molar-refractivity contribution in [1.29, 1.82) is 0 Å². The maximum absolute atomic E-state index is 4.76. The third-order valence-corrected chi connectivity index (χ3v) is 5.69. The van der Waals surface area contributed by atoms with Gasteiger partial charge < -0.3 is 0 Å². The number of hydrogen-bond acceptors (Lipinski definition) is 3. The van der Waals surface area contributed by atoms with Gasteiger partial charge in [-0.05, 0) is 46.2 Å². The Kier molecular flexibility index (Phi) is 10.2. The van der Waals surface area contributed by atoms with Crippen LogP contribution in [0.4, 0.5) is 11.4 Å². The van der Waals surface area contributed by atoms with Crippen LogP contribution in [0.15, 0.2) is 70.6 Å². The Bertz CT molecular complexity index is 978. The van der Waals surface area contributed by atoms with Crippen LogP contribution in [0, 0.1) is 0 Å². The summed E-state index contributed by atoms with van der Waals surface area (Å²) in [6, 6.07) is 20.9. The fourth-order valence-electron chi connectivity index (χ4n) is 3.21. The van der Waals surface area contributed by atoms with Crippen LogP contribution in [0.1, 0.15) is 62.4 Å². The summed E-state index contributed by atoms with van der Waals surface area (Å²) in [5.41, 5.74) is 4.72. The van der Waals surface area contributed by atoms with Crippen molar-refractivity contribution in [3.8, 4) is 0 Å². The average Bonchev–Trinajstić information content (AvgIpc) is 3.18. The number of hydrogen-bond donors (Lipinski definition) is 0. The van der Waals surface area contributed by atoms with Crippen molar-refractivity contribution in [2.24, 2.45) is 9.98 Å². The summed E-state index contributed by atoms with van der Waals surface area (Å²) in [4.78, 5) is 11.8. The normalized spacial score (nSPS) is 12.4. The van der Waals surface area contributed by atoms with Crippen LogP contribution in [-0.4, -0.2) is 12.4 Å².